The highest BCUT2D eigenvalue weighted by molar-refractivity contribution is 7.79. The van der Waals surface area contributed by atoms with Crippen molar-refractivity contribution in [2.24, 2.45) is 0 Å². The molecule has 0 spiro atoms. The summed E-state index contributed by atoms with van der Waals surface area (Å²) in [5.41, 5.74) is 10.3. The Hall–Kier alpha value is -3.25. The lowest BCUT2D eigenvalue weighted by Gasteiger charge is -2.16. The molecular formula is C25H29N3O2S. The second-order valence-corrected chi connectivity index (χ2v) is 6.56. The van der Waals surface area contributed by atoms with Crippen molar-refractivity contribution >= 4 is 35.8 Å². The first-order chi connectivity index (χ1) is 15.1. The Morgan fingerprint density at radius 1 is 0.968 bits per heavy atom. The quantitative estimate of drug-likeness (QED) is 0.387. The van der Waals surface area contributed by atoms with Gasteiger partial charge in [-0.25, -0.2) is 0 Å². The van der Waals surface area contributed by atoms with Gasteiger partial charge in [0.25, 0.3) is 11.8 Å². The van der Waals surface area contributed by atoms with Crippen molar-refractivity contribution in [2.45, 2.75) is 26.9 Å². The van der Waals surface area contributed by atoms with E-state index in [0.717, 1.165) is 16.7 Å². The van der Waals surface area contributed by atoms with Gasteiger partial charge in [-0.1, -0.05) is 56.3 Å². The molecule has 1 aliphatic heterocycles. The number of nitrogens with two attached hydrogens (primary N) is 1. The first kappa shape index (κ1) is 24.0. The Morgan fingerprint density at radius 3 is 2.23 bits per heavy atom. The molecule has 0 atom stereocenters. The van der Waals surface area contributed by atoms with Gasteiger partial charge in [0.2, 0.25) is 0 Å². The standard InChI is InChI=1S/C22H19N3O2.C2H6.CH4S/c23-19-7-3-4-8-20(19)24-21(26)16-11-9-15(10-12-16)13-25-14-17-5-1-2-6-18(17)22(25)27;2*1-2/h1-12H,13-14,23H2,(H,24,26);1-2H3;2H,1H3. The molecule has 5 nitrogen and oxygen atoms in total. The number of nitrogens with one attached hydrogen (secondary N) is 1. The summed E-state index contributed by atoms with van der Waals surface area (Å²) in [5.74, 6) is -0.170. The second kappa shape index (κ2) is 11.8. The summed E-state index contributed by atoms with van der Waals surface area (Å²) in [6.07, 6.45) is 1.69. The van der Waals surface area contributed by atoms with E-state index < -0.39 is 0 Å². The van der Waals surface area contributed by atoms with Crippen LogP contribution < -0.4 is 11.1 Å². The molecule has 3 N–H and O–H groups in total. The number of rotatable bonds is 4. The van der Waals surface area contributed by atoms with Gasteiger partial charge in [0.15, 0.2) is 0 Å². The van der Waals surface area contributed by atoms with Crippen LogP contribution in [0.4, 0.5) is 11.4 Å². The molecule has 0 unspecified atom stereocenters. The minimum absolute atomic E-state index is 0.0481. The van der Waals surface area contributed by atoms with Gasteiger partial charge in [-0.05, 0) is 47.7 Å². The largest absolute Gasteiger partial charge is 0.397 e. The Bertz CT molecular complexity index is 1020. The number of benzene rings is 3. The third-order valence-electron chi connectivity index (χ3n) is 4.69. The first-order valence-corrected chi connectivity index (χ1v) is 11.1. The number of carbonyl (C=O) groups excluding carboxylic acids is 2. The predicted octanol–water partition coefficient (Wildman–Crippen LogP) is 5.25. The average molecular weight is 436 g/mol. The van der Waals surface area contributed by atoms with E-state index in [1.54, 1.807) is 30.5 Å². The summed E-state index contributed by atoms with van der Waals surface area (Å²) in [6.45, 7) is 5.13. The molecule has 0 radical (unpaired) electrons. The van der Waals surface area contributed by atoms with Crippen molar-refractivity contribution in [1.29, 1.82) is 0 Å². The molecule has 0 saturated heterocycles. The van der Waals surface area contributed by atoms with Gasteiger partial charge in [0.05, 0.1) is 11.4 Å². The van der Waals surface area contributed by atoms with E-state index in [2.05, 4.69) is 17.9 Å². The van der Waals surface area contributed by atoms with Crippen LogP contribution in [0.3, 0.4) is 0 Å². The molecular weight excluding hydrogens is 406 g/mol. The van der Waals surface area contributed by atoms with Crippen molar-refractivity contribution in [3.8, 4) is 0 Å². The number of amides is 2. The maximum Gasteiger partial charge on any atom is 0.255 e. The molecule has 162 valence electrons. The Kier molecular flexibility index (Phi) is 9.15. The number of hydrogen-bond donors (Lipinski definition) is 3. The zero-order chi connectivity index (χ0) is 22.8. The van der Waals surface area contributed by atoms with E-state index in [0.29, 0.717) is 30.0 Å². The molecule has 3 aromatic rings. The topological polar surface area (TPSA) is 75.4 Å². The molecule has 3 aromatic carbocycles. The summed E-state index contributed by atoms with van der Waals surface area (Å²) < 4.78 is 0. The number of para-hydroxylation sites is 2. The Morgan fingerprint density at radius 2 is 1.58 bits per heavy atom. The zero-order valence-electron chi connectivity index (χ0n) is 18.1. The molecule has 0 bridgehead atoms. The van der Waals surface area contributed by atoms with Crippen LogP contribution in [0.25, 0.3) is 0 Å². The van der Waals surface area contributed by atoms with E-state index in [4.69, 9.17) is 5.73 Å². The molecule has 4 rings (SSSR count). The van der Waals surface area contributed by atoms with E-state index >= 15 is 0 Å². The van der Waals surface area contributed by atoms with Crippen LogP contribution in [0.5, 0.6) is 0 Å². The molecule has 0 saturated carbocycles. The number of anilines is 2. The van der Waals surface area contributed by atoms with Crippen molar-refractivity contribution in [3.63, 3.8) is 0 Å². The van der Waals surface area contributed by atoms with Gasteiger partial charge in [0.1, 0.15) is 0 Å². The van der Waals surface area contributed by atoms with Gasteiger partial charge in [-0.2, -0.15) is 12.6 Å². The molecule has 0 fully saturated rings. The second-order valence-electron chi connectivity index (χ2n) is 6.56. The summed E-state index contributed by atoms with van der Waals surface area (Å²) in [7, 11) is 0. The van der Waals surface area contributed by atoms with Crippen LogP contribution in [0.2, 0.25) is 0 Å². The minimum Gasteiger partial charge on any atom is -0.397 e. The van der Waals surface area contributed by atoms with E-state index in [1.165, 1.54) is 0 Å². The number of carbonyl (C=O) groups is 2. The van der Waals surface area contributed by atoms with Gasteiger partial charge < -0.3 is 16.0 Å². The predicted molar refractivity (Wildman–Crippen MR) is 132 cm³/mol. The van der Waals surface area contributed by atoms with Gasteiger partial charge in [-0.15, -0.1) is 0 Å². The van der Waals surface area contributed by atoms with Crippen molar-refractivity contribution in [1.82, 2.24) is 4.90 Å². The maximum atomic E-state index is 12.5. The van der Waals surface area contributed by atoms with Crippen LogP contribution >= 0.6 is 12.6 Å². The van der Waals surface area contributed by atoms with E-state index in [9.17, 15) is 9.59 Å². The number of thiol groups is 1. The van der Waals surface area contributed by atoms with Crippen molar-refractivity contribution < 1.29 is 9.59 Å². The monoisotopic (exact) mass is 435 g/mol. The molecule has 31 heavy (non-hydrogen) atoms. The first-order valence-electron chi connectivity index (χ1n) is 10.2. The zero-order valence-corrected chi connectivity index (χ0v) is 19.0. The fraction of sp³-hybridized carbons (Fsp3) is 0.200. The number of hydrogen-bond acceptors (Lipinski definition) is 4. The Labute approximate surface area is 189 Å². The van der Waals surface area contributed by atoms with Crippen LogP contribution in [-0.4, -0.2) is 23.0 Å². The molecule has 0 aromatic heterocycles. The van der Waals surface area contributed by atoms with Crippen LogP contribution in [0.15, 0.2) is 72.8 Å². The van der Waals surface area contributed by atoms with Gasteiger partial charge >= 0.3 is 0 Å². The van der Waals surface area contributed by atoms with Crippen LogP contribution in [0.1, 0.15) is 45.7 Å². The molecule has 2 amide bonds. The van der Waals surface area contributed by atoms with Crippen LogP contribution in [-0.2, 0) is 13.1 Å². The Balaban J connectivity index is 0.000000807. The number of fused-ring (bicyclic) bond motifs is 1. The maximum absolute atomic E-state index is 12.5. The normalized spacial score (nSPS) is 11.5. The molecule has 1 heterocycles. The highest BCUT2D eigenvalue weighted by atomic mass is 32.1. The summed E-state index contributed by atoms with van der Waals surface area (Å²) >= 11 is 3.53. The lowest BCUT2D eigenvalue weighted by molar-refractivity contribution is 0.0766. The van der Waals surface area contributed by atoms with Crippen molar-refractivity contribution in [3.05, 3.63) is 95.1 Å². The van der Waals surface area contributed by atoms with E-state index in [1.807, 2.05) is 67.3 Å². The fourth-order valence-electron chi connectivity index (χ4n) is 3.23. The van der Waals surface area contributed by atoms with Gasteiger partial charge in [0, 0.05) is 24.2 Å². The molecule has 0 aliphatic carbocycles. The summed E-state index contributed by atoms with van der Waals surface area (Å²) in [4.78, 5) is 26.7. The lowest BCUT2D eigenvalue weighted by Crippen LogP contribution is -2.23. The minimum atomic E-state index is -0.218. The SMILES string of the molecule is CC.CS.Nc1ccccc1NC(=O)c1ccc(CN2Cc3ccccc3C2=O)cc1. The van der Waals surface area contributed by atoms with Crippen LogP contribution in [0, 0.1) is 0 Å². The van der Waals surface area contributed by atoms with Crippen molar-refractivity contribution in [2.75, 3.05) is 17.3 Å². The summed E-state index contributed by atoms with van der Waals surface area (Å²) in [6, 6.07) is 22.1. The smallest absolute Gasteiger partial charge is 0.255 e. The molecule has 1 aliphatic rings. The lowest BCUT2D eigenvalue weighted by atomic mass is 10.1. The van der Waals surface area contributed by atoms with Gasteiger partial charge in [-0.3, -0.25) is 9.59 Å². The van der Waals surface area contributed by atoms with E-state index in [-0.39, 0.29) is 11.8 Å². The third-order valence-corrected chi connectivity index (χ3v) is 4.69. The molecule has 6 heteroatoms. The third kappa shape index (κ3) is 5.89. The average Bonchev–Trinajstić information content (AvgIpc) is 3.14. The number of nitrogens with zero attached hydrogens (tertiary/aromatic N) is 1. The highest BCUT2D eigenvalue weighted by Gasteiger charge is 2.26. The number of nitrogen functional groups attached to an aromatic ring is 1. The highest BCUT2D eigenvalue weighted by Crippen LogP contribution is 2.24. The summed E-state index contributed by atoms with van der Waals surface area (Å²) in [5, 5.41) is 2.81. The fourth-order valence-corrected chi connectivity index (χ4v) is 3.23.